The first-order chi connectivity index (χ1) is 19.4. The third kappa shape index (κ3) is 3.32. The number of hydrogen-bond acceptors (Lipinski definition) is 4. The predicted molar refractivity (Wildman–Crippen MR) is 160 cm³/mol. The molecule has 194 valence electrons. The molecule has 0 saturated heterocycles. The SMILES string of the molecule is CC1(c2ccccc2)C(C=C2C(=O)C(C=C3Nc4ccccc4C3(C)c3ccccc3)=C2O)=Nc2ccccc21. The molecule has 4 aromatic rings. The third-order valence-corrected chi connectivity index (χ3v) is 8.74. The zero-order chi connectivity index (χ0) is 27.5. The zero-order valence-corrected chi connectivity index (χ0v) is 22.3. The molecule has 1 aliphatic carbocycles. The summed E-state index contributed by atoms with van der Waals surface area (Å²) in [7, 11) is 0. The number of para-hydroxylation sites is 2. The molecule has 2 unspecified atom stereocenters. The van der Waals surface area contributed by atoms with Gasteiger partial charge in [0.05, 0.1) is 33.4 Å². The second kappa shape index (κ2) is 8.78. The van der Waals surface area contributed by atoms with E-state index in [-0.39, 0.29) is 17.1 Å². The van der Waals surface area contributed by atoms with E-state index in [4.69, 9.17) is 4.99 Å². The zero-order valence-electron chi connectivity index (χ0n) is 22.3. The predicted octanol–water partition coefficient (Wildman–Crippen LogP) is 7.72. The second-order valence-electron chi connectivity index (χ2n) is 10.9. The van der Waals surface area contributed by atoms with Crippen molar-refractivity contribution in [2.45, 2.75) is 24.7 Å². The molecule has 40 heavy (non-hydrogen) atoms. The lowest BCUT2D eigenvalue weighted by molar-refractivity contribution is -0.113. The van der Waals surface area contributed by atoms with Crippen molar-refractivity contribution in [2.24, 2.45) is 4.99 Å². The highest BCUT2D eigenvalue weighted by Crippen LogP contribution is 2.50. The number of nitrogens with one attached hydrogen (secondary N) is 1. The van der Waals surface area contributed by atoms with E-state index in [1.54, 1.807) is 6.08 Å². The van der Waals surface area contributed by atoms with Crippen LogP contribution in [0.25, 0.3) is 0 Å². The van der Waals surface area contributed by atoms with Crippen LogP contribution in [0.4, 0.5) is 11.4 Å². The van der Waals surface area contributed by atoms with Crippen molar-refractivity contribution < 1.29 is 9.90 Å². The van der Waals surface area contributed by atoms with Crippen molar-refractivity contribution in [1.82, 2.24) is 0 Å². The molecule has 4 aromatic carbocycles. The number of aliphatic hydroxyl groups excluding tert-OH is 1. The Morgan fingerprint density at radius 3 is 1.95 bits per heavy atom. The Hall–Kier alpha value is -4.96. The van der Waals surface area contributed by atoms with Crippen LogP contribution in [0.3, 0.4) is 0 Å². The van der Waals surface area contributed by atoms with Gasteiger partial charge in [0.15, 0.2) is 0 Å². The molecule has 4 heteroatoms. The quantitative estimate of drug-likeness (QED) is 0.271. The molecule has 2 aliphatic heterocycles. The maximum absolute atomic E-state index is 13.6. The minimum Gasteiger partial charge on any atom is -0.506 e. The number of allylic oxidation sites excluding steroid dienone is 5. The van der Waals surface area contributed by atoms with Gasteiger partial charge in [-0.2, -0.15) is 0 Å². The van der Waals surface area contributed by atoms with Gasteiger partial charge in [0.1, 0.15) is 5.76 Å². The van der Waals surface area contributed by atoms with Gasteiger partial charge < -0.3 is 10.4 Å². The van der Waals surface area contributed by atoms with Crippen LogP contribution >= 0.6 is 0 Å². The Morgan fingerprint density at radius 1 is 0.700 bits per heavy atom. The van der Waals surface area contributed by atoms with Crippen LogP contribution in [0.2, 0.25) is 0 Å². The standard InChI is InChI=1S/C36H28N2O2/c1-35(23-13-5-3-6-14-23)27-17-9-11-19-29(27)37-31(35)21-25-33(39)26(34(25)40)22-32-36(2,24-15-7-4-8-16-24)28-18-10-12-20-30(28)38-32/h3-22,37,39H,1-2H3. The summed E-state index contributed by atoms with van der Waals surface area (Å²) in [4.78, 5) is 18.5. The first kappa shape index (κ1) is 24.1. The fourth-order valence-corrected chi connectivity index (χ4v) is 6.32. The van der Waals surface area contributed by atoms with Crippen LogP contribution in [0.15, 0.2) is 149 Å². The molecule has 2 heterocycles. The third-order valence-electron chi connectivity index (χ3n) is 8.74. The maximum atomic E-state index is 13.6. The average molecular weight is 521 g/mol. The lowest BCUT2D eigenvalue weighted by atomic mass is 9.72. The van der Waals surface area contributed by atoms with Crippen LogP contribution < -0.4 is 5.32 Å². The van der Waals surface area contributed by atoms with E-state index in [0.29, 0.717) is 5.57 Å². The first-order valence-corrected chi connectivity index (χ1v) is 13.5. The number of hydrogen-bond donors (Lipinski definition) is 2. The molecule has 7 rings (SSSR count). The fourth-order valence-electron chi connectivity index (χ4n) is 6.32. The highest BCUT2D eigenvalue weighted by molar-refractivity contribution is 6.25. The Balaban J connectivity index is 1.31. The highest BCUT2D eigenvalue weighted by atomic mass is 16.3. The molecule has 0 fully saturated rings. The average Bonchev–Trinajstić information content (AvgIpc) is 3.47. The van der Waals surface area contributed by atoms with Crippen LogP contribution in [-0.4, -0.2) is 16.6 Å². The first-order valence-electron chi connectivity index (χ1n) is 13.5. The molecule has 2 N–H and O–H groups in total. The Morgan fingerprint density at radius 2 is 1.27 bits per heavy atom. The van der Waals surface area contributed by atoms with Crippen LogP contribution in [-0.2, 0) is 15.6 Å². The molecule has 3 aliphatic rings. The van der Waals surface area contributed by atoms with E-state index >= 15 is 0 Å². The summed E-state index contributed by atoms with van der Waals surface area (Å²) in [6.45, 7) is 4.28. The summed E-state index contributed by atoms with van der Waals surface area (Å²) >= 11 is 0. The van der Waals surface area contributed by atoms with Crippen molar-refractivity contribution in [1.29, 1.82) is 0 Å². The fraction of sp³-hybridized carbons (Fsp3) is 0.111. The van der Waals surface area contributed by atoms with Gasteiger partial charge in [-0.1, -0.05) is 97.1 Å². The van der Waals surface area contributed by atoms with Gasteiger partial charge in [0.2, 0.25) is 5.78 Å². The largest absolute Gasteiger partial charge is 0.506 e. The van der Waals surface area contributed by atoms with E-state index in [9.17, 15) is 9.90 Å². The molecular formula is C36H28N2O2. The van der Waals surface area contributed by atoms with Gasteiger partial charge in [0.25, 0.3) is 0 Å². The second-order valence-corrected chi connectivity index (χ2v) is 10.9. The van der Waals surface area contributed by atoms with Crippen molar-refractivity contribution in [3.05, 3.63) is 166 Å². The number of carbonyl (C=O) groups excluding carboxylic acids is 1. The Bertz CT molecular complexity index is 1810. The minimum absolute atomic E-state index is 0.000245. The summed E-state index contributed by atoms with van der Waals surface area (Å²) < 4.78 is 0. The van der Waals surface area contributed by atoms with Crippen LogP contribution in [0, 0.1) is 0 Å². The van der Waals surface area contributed by atoms with E-state index in [1.165, 1.54) is 0 Å². The van der Waals surface area contributed by atoms with E-state index in [0.717, 1.165) is 45.0 Å². The molecule has 0 saturated carbocycles. The summed E-state index contributed by atoms with van der Waals surface area (Å²) in [6, 6.07) is 36.6. The number of Topliss-reactive ketones (excluding diaryl/α,β-unsaturated/α-hetero) is 1. The van der Waals surface area contributed by atoms with E-state index in [2.05, 4.69) is 55.6 Å². The van der Waals surface area contributed by atoms with Gasteiger partial charge in [-0.05, 0) is 60.4 Å². The molecule has 2 atom stereocenters. The van der Waals surface area contributed by atoms with Gasteiger partial charge in [-0.15, -0.1) is 0 Å². The number of aliphatic hydroxyl groups is 1. The molecule has 4 nitrogen and oxygen atoms in total. The number of anilines is 1. The normalized spacial score (nSPS) is 24.9. The van der Waals surface area contributed by atoms with Gasteiger partial charge in [0, 0.05) is 11.4 Å². The van der Waals surface area contributed by atoms with Crippen molar-refractivity contribution in [3.63, 3.8) is 0 Å². The smallest absolute Gasteiger partial charge is 0.200 e. The maximum Gasteiger partial charge on any atom is 0.200 e. The van der Waals surface area contributed by atoms with E-state index in [1.807, 2.05) is 78.9 Å². The molecule has 0 aromatic heterocycles. The summed E-state index contributed by atoms with van der Waals surface area (Å²) in [5.74, 6) is -0.188. The van der Waals surface area contributed by atoms with Crippen molar-refractivity contribution in [3.8, 4) is 0 Å². The molecule has 0 spiro atoms. The van der Waals surface area contributed by atoms with Crippen molar-refractivity contribution >= 4 is 22.9 Å². The molecule has 0 amide bonds. The van der Waals surface area contributed by atoms with E-state index < -0.39 is 10.8 Å². The lowest BCUT2D eigenvalue weighted by Gasteiger charge is -2.30. The molecular weight excluding hydrogens is 492 g/mol. The summed E-state index contributed by atoms with van der Waals surface area (Å²) in [5, 5.41) is 14.8. The van der Waals surface area contributed by atoms with Gasteiger partial charge in [-0.3, -0.25) is 9.79 Å². The highest BCUT2D eigenvalue weighted by Gasteiger charge is 2.44. The number of rotatable bonds is 4. The number of ketones is 1. The number of aliphatic imine (C=N–C) groups is 1. The minimum atomic E-state index is -0.542. The molecule has 0 radical (unpaired) electrons. The van der Waals surface area contributed by atoms with Crippen LogP contribution in [0.5, 0.6) is 0 Å². The Kier molecular flexibility index (Phi) is 5.29. The van der Waals surface area contributed by atoms with Gasteiger partial charge >= 0.3 is 0 Å². The summed E-state index contributed by atoms with van der Waals surface area (Å²) in [6.07, 6.45) is 3.57. The monoisotopic (exact) mass is 520 g/mol. The van der Waals surface area contributed by atoms with Gasteiger partial charge in [-0.25, -0.2) is 0 Å². The Labute approximate surface area is 233 Å². The van der Waals surface area contributed by atoms with Crippen LogP contribution in [0.1, 0.15) is 36.1 Å². The topological polar surface area (TPSA) is 61.7 Å². The number of nitrogens with zero attached hydrogens (tertiary/aromatic N) is 1. The lowest BCUT2D eigenvalue weighted by Crippen LogP contribution is -2.32. The number of carbonyl (C=O) groups is 1. The number of fused-ring (bicyclic) bond motifs is 2. The number of benzene rings is 4. The molecule has 0 bridgehead atoms. The van der Waals surface area contributed by atoms with Crippen molar-refractivity contribution in [2.75, 3.05) is 5.32 Å². The summed E-state index contributed by atoms with van der Waals surface area (Å²) in [5.41, 5.74) is 7.44.